The molecule has 5 N–H and O–H groups in total. The van der Waals surface area contributed by atoms with Crippen molar-refractivity contribution in [1.82, 2.24) is 0 Å². The summed E-state index contributed by atoms with van der Waals surface area (Å²) in [6.07, 6.45) is -3.21. The highest BCUT2D eigenvalue weighted by Gasteiger charge is 2.31. The molecular weight excluding hydrogens is 370 g/mol. The van der Waals surface area contributed by atoms with Gasteiger partial charge in [0.25, 0.3) is 0 Å². The number of anilines is 1. The molecule has 9 heteroatoms. The van der Waals surface area contributed by atoms with Crippen molar-refractivity contribution < 1.29 is 34.1 Å². The number of carbonyl (C=O) groups excluding carboxylic acids is 1. The van der Waals surface area contributed by atoms with E-state index >= 15 is 0 Å². The van der Waals surface area contributed by atoms with Gasteiger partial charge >= 0.3 is 5.63 Å². The smallest absolute Gasteiger partial charge is 0.347 e. The van der Waals surface area contributed by atoms with Gasteiger partial charge in [0, 0.05) is 17.1 Å². The van der Waals surface area contributed by atoms with Gasteiger partial charge in [0.15, 0.2) is 0 Å². The number of rotatable bonds is 8. The van der Waals surface area contributed by atoms with Gasteiger partial charge in [0.2, 0.25) is 0 Å². The normalized spacial score (nSPS) is 15.7. The van der Waals surface area contributed by atoms with E-state index in [1.807, 2.05) is 0 Å². The maximum atomic E-state index is 12.2. The molecule has 2 aromatic heterocycles. The minimum absolute atomic E-state index is 0.236. The van der Waals surface area contributed by atoms with E-state index in [1.54, 1.807) is 30.3 Å². The van der Waals surface area contributed by atoms with Crippen molar-refractivity contribution in [3.8, 4) is 11.3 Å². The van der Waals surface area contributed by atoms with Crippen LogP contribution in [-0.4, -0.2) is 57.7 Å². The molecule has 3 rings (SSSR count). The molecule has 0 radical (unpaired) electrons. The Labute approximate surface area is 158 Å². The second kappa shape index (κ2) is 8.36. The quantitative estimate of drug-likeness (QED) is 0.267. The van der Waals surface area contributed by atoms with Crippen LogP contribution >= 0.6 is 0 Å². The van der Waals surface area contributed by atoms with Crippen LogP contribution in [0.1, 0.15) is 0 Å². The van der Waals surface area contributed by atoms with Crippen molar-refractivity contribution in [3.63, 3.8) is 0 Å². The standard InChI is InChI=1S/C19H19NO8/c21-8-13(17(24)18(25)14(23)9-22)20-11-4-3-10-6-12(15-2-1-5-27-15)19(26)28-16(10)7-11/h1-8,13-14,17-18,20,22-25H,9H2/t13-,14+,17+,18+/m1/s1. The number of hydrogen-bond acceptors (Lipinski definition) is 9. The monoisotopic (exact) mass is 389 g/mol. The van der Waals surface area contributed by atoms with Gasteiger partial charge in [0.1, 0.15) is 47.5 Å². The van der Waals surface area contributed by atoms with Gasteiger partial charge < -0.3 is 39.4 Å². The molecule has 0 amide bonds. The number of aliphatic hydroxyl groups excluding tert-OH is 4. The minimum atomic E-state index is -1.73. The molecule has 4 atom stereocenters. The molecule has 28 heavy (non-hydrogen) atoms. The molecule has 0 aliphatic heterocycles. The van der Waals surface area contributed by atoms with Crippen LogP contribution in [0.4, 0.5) is 5.69 Å². The summed E-state index contributed by atoms with van der Waals surface area (Å²) in [4.78, 5) is 23.5. The predicted octanol–water partition coefficient (Wildman–Crippen LogP) is 0.107. The topological polar surface area (TPSA) is 153 Å². The van der Waals surface area contributed by atoms with E-state index in [1.165, 1.54) is 12.3 Å². The molecule has 0 unspecified atom stereocenters. The summed E-state index contributed by atoms with van der Waals surface area (Å²) >= 11 is 0. The van der Waals surface area contributed by atoms with Crippen LogP contribution < -0.4 is 10.9 Å². The predicted molar refractivity (Wildman–Crippen MR) is 98.8 cm³/mol. The van der Waals surface area contributed by atoms with Gasteiger partial charge in [-0.15, -0.1) is 0 Å². The lowest BCUT2D eigenvalue weighted by Crippen LogP contribution is -2.49. The van der Waals surface area contributed by atoms with Crippen LogP contribution in [-0.2, 0) is 4.79 Å². The number of fused-ring (bicyclic) bond motifs is 1. The molecule has 0 fully saturated rings. The van der Waals surface area contributed by atoms with Gasteiger partial charge in [0.05, 0.1) is 12.9 Å². The number of hydrogen-bond donors (Lipinski definition) is 5. The third-order valence-electron chi connectivity index (χ3n) is 4.30. The second-order valence-electron chi connectivity index (χ2n) is 6.21. The summed E-state index contributed by atoms with van der Waals surface area (Å²) in [6.45, 7) is -0.775. The minimum Gasteiger partial charge on any atom is -0.464 e. The Balaban J connectivity index is 1.86. The Kier molecular flexibility index (Phi) is 5.90. The van der Waals surface area contributed by atoms with Crippen LogP contribution in [0.5, 0.6) is 0 Å². The average Bonchev–Trinajstić information content (AvgIpc) is 3.24. The molecular formula is C19H19NO8. The Hall–Kier alpha value is -2.98. The molecule has 0 spiro atoms. The zero-order valence-corrected chi connectivity index (χ0v) is 14.6. The number of benzene rings is 1. The highest BCUT2D eigenvalue weighted by atomic mass is 16.4. The van der Waals surface area contributed by atoms with Crippen molar-refractivity contribution >= 4 is 22.9 Å². The molecule has 0 aliphatic carbocycles. The van der Waals surface area contributed by atoms with Crippen molar-refractivity contribution in [2.45, 2.75) is 24.4 Å². The third kappa shape index (κ3) is 3.97. The number of carbonyl (C=O) groups is 1. The fourth-order valence-corrected chi connectivity index (χ4v) is 2.74. The molecule has 148 valence electrons. The van der Waals surface area contributed by atoms with Crippen LogP contribution in [0, 0.1) is 0 Å². The number of aliphatic hydroxyl groups is 4. The van der Waals surface area contributed by atoms with Gasteiger partial charge in [-0.05, 0) is 30.3 Å². The molecule has 0 saturated carbocycles. The Morgan fingerprint density at radius 1 is 1.11 bits per heavy atom. The highest BCUT2D eigenvalue weighted by Crippen LogP contribution is 2.24. The Morgan fingerprint density at radius 3 is 2.54 bits per heavy atom. The molecule has 3 aromatic rings. The van der Waals surface area contributed by atoms with Crippen molar-refractivity contribution in [2.24, 2.45) is 0 Å². The molecule has 2 heterocycles. The van der Waals surface area contributed by atoms with Crippen LogP contribution in [0.2, 0.25) is 0 Å². The first-order chi connectivity index (χ1) is 13.4. The summed E-state index contributed by atoms with van der Waals surface area (Å²) in [5.41, 5.74) is 0.234. The average molecular weight is 389 g/mol. The first-order valence-corrected chi connectivity index (χ1v) is 8.43. The van der Waals surface area contributed by atoms with Gasteiger partial charge in [-0.3, -0.25) is 0 Å². The summed E-state index contributed by atoms with van der Waals surface area (Å²) in [7, 11) is 0. The largest absolute Gasteiger partial charge is 0.464 e. The number of aldehydes is 1. The molecule has 0 saturated heterocycles. The van der Waals surface area contributed by atoms with Crippen molar-refractivity contribution in [1.29, 1.82) is 0 Å². The maximum absolute atomic E-state index is 12.2. The zero-order valence-electron chi connectivity index (χ0n) is 14.6. The van der Waals surface area contributed by atoms with E-state index in [2.05, 4.69) is 5.32 Å². The van der Waals surface area contributed by atoms with Crippen molar-refractivity contribution in [2.75, 3.05) is 11.9 Å². The fraction of sp³-hybridized carbons (Fsp3) is 0.263. The zero-order chi connectivity index (χ0) is 20.3. The van der Waals surface area contributed by atoms with Crippen LogP contribution in [0.3, 0.4) is 0 Å². The van der Waals surface area contributed by atoms with Crippen molar-refractivity contribution in [3.05, 3.63) is 53.1 Å². The van der Waals surface area contributed by atoms with E-state index in [9.17, 15) is 24.9 Å². The van der Waals surface area contributed by atoms with Crippen LogP contribution in [0.15, 0.2) is 56.3 Å². The van der Waals surface area contributed by atoms with Gasteiger partial charge in [-0.1, -0.05) is 0 Å². The Morgan fingerprint density at radius 2 is 1.89 bits per heavy atom. The number of nitrogens with one attached hydrogen (secondary N) is 1. The molecule has 0 aliphatic rings. The fourth-order valence-electron chi connectivity index (χ4n) is 2.74. The van der Waals surface area contributed by atoms with E-state index in [0.29, 0.717) is 23.1 Å². The summed E-state index contributed by atoms with van der Waals surface area (Å²) in [5, 5.41) is 41.4. The SMILES string of the molecule is O=C[C@@H](Nc1ccc2cc(-c3ccco3)c(=O)oc2c1)[C@H](O)[C@@H](O)[C@@H](O)CO. The summed E-state index contributed by atoms with van der Waals surface area (Å²) in [6, 6.07) is 8.31. The lowest BCUT2D eigenvalue weighted by molar-refractivity contribution is -0.117. The lowest BCUT2D eigenvalue weighted by atomic mass is 10.0. The number of furan rings is 1. The first kappa shape index (κ1) is 19.8. The van der Waals surface area contributed by atoms with Crippen LogP contribution in [0.25, 0.3) is 22.3 Å². The second-order valence-corrected chi connectivity index (χ2v) is 6.21. The third-order valence-corrected chi connectivity index (χ3v) is 4.30. The first-order valence-electron chi connectivity index (χ1n) is 8.43. The van der Waals surface area contributed by atoms with E-state index in [-0.39, 0.29) is 11.1 Å². The maximum Gasteiger partial charge on any atom is 0.347 e. The molecule has 9 nitrogen and oxygen atoms in total. The summed E-state index contributed by atoms with van der Waals surface area (Å²) in [5.74, 6) is 0.374. The lowest BCUT2D eigenvalue weighted by Gasteiger charge is -2.26. The summed E-state index contributed by atoms with van der Waals surface area (Å²) < 4.78 is 10.5. The van der Waals surface area contributed by atoms with E-state index in [0.717, 1.165) is 0 Å². The molecule has 0 bridgehead atoms. The van der Waals surface area contributed by atoms with E-state index < -0.39 is 36.6 Å². The molecule has 1 aromatic carbocycles. The van der Waals surface area contributed by atoms with E-state index in [4.69, 9.17) is 13.9 Å². The Bertz CT molecular complexity index is 997. The van der Waals surface area contributed by atoms with Gasteiger partial charge in [-0.2, -0.15) is 0 Å². The highest BCUT2D eigenvalue weighted by molar-refractivity contribution is 5.84. The van der Waals surface area contributed by atoms with Gasteiger partial charge in [-0.25, -0.2) is 4.79 Å².